The van der Waals surface area contributed by atoms with Gasteiger partial charge in [-0.2, -0.15) is 0 Å². The van der Waals surface area contributed by atoms with Gasteiger partial charge in [0, 0.05) is 7.11 Å². The van der Waals surface area contributed by atoms with Crippen LogP contribution in [0.4, 0.5) is 0 Å². The highest BCUT2D eigenvalue weighted by atomic mass is 16.7. The minimum absolute atomic E-state index is 0.202. The summed E-state index contributed by atoms with van der Waals surface area (Å²) in [6.07, 6.45) is 5.52. The van der Waals surface area contributed by atoms with Crippen LogP contribution in [0.15, 0.2) is 127 Å². The van der Waals surface area contributed by atoms with Gasteiger partial charge in [-0.1, -0.05) is 109 Å². The molecule has 266 valence electrons. The number of methoxy groups -OCH3 is 1. The highest BCUT2D eigenvalue weighted by molar-refractivity contribution is 5.15. The number of ether oxygens (including phenoxy) is 9. The maximum absolute atomic E-state index is 10.6. The summed E-state index contributed by atoms with van der Waals surface area (Å²) in [7, 11) is 1.59. The first-order valence-corrected chi connectivity index (χ1v) is 17.0. The van der Waals surface area contributed by atoms with Crippen LogP contribution in [-0.2, 0) is 62.5 Å². The van der Waals surface area contributed by atoms with Gasteiger partial charge in [-0.25, -0.2) is 0 Å². The molecule has 10 nitrogen and oxygen atoms in total. The molecular formula is C40H46O10. The van der Waals surface area contributed by atoms with E-state index in [0.29, 0.717) is 26.4 Å². The van der Waals surface area contributed by atoms with E-state index in [1.165, 1.54) is 0 Å². The zero-order chi connectivity index (χ0) is 34.4. The largest absolute Gasteiger partial charge is 0.386 e. The van der Waals surface area contributed by atoms with E-state index in [4.69, 9.17) is 42.6 Å². The molecular weight excluding hydrogens is 640 g/mol. The number of hydrogen-bond acceptors (Lipinski definition) is 10. The summed E-state index contributed by atoms with van der Waals surface area (Å²) in [5.41, 5.74) is 3.16. The minimum Gasteiger partial charge on any atom is -0.386 e. The molecule has 3 aliphatic rings. The third-order valence-electron chi connectivity index (χ3n) is 8.42. The molecule has 0 aliphatic carbocycles. The molecule has 10 heteroatoms. The van der Waals surface area contributed by atoms with Crippen LogP contribution in [0.1, 0.15) is 16.7 Å². The Kier molecular flexibility index (Phi) is 13.9. The first kappa shape index (κ1) is 36.3. The van der Waals surface area contributed by atoms with Gasteiger partial charge in [0.2, 0.25) is 0 Å². The molecule has 0 bridgehead atoms. The molecule has 3 heterocycles. The van der Waals surface area contributed by atoms with E-state index < -0.39 is 55.5 Å². The maximum atomic E-state index is 10.6. The predicted molar refractivity (Wildman–Crippen MR) is 184 cm³/mol. The van der Waals surface area contributed by atoms with Crippen molar-refractivity contribution in [3.05, 3.63) is 144 Å². The SMILES string of the molecule is CO[C@@H]1C=C[C@H](O[C@@H]2C=C[C@H](O[C@@H]3C=C[C@H](O)[C@@H](COCc4ccccc4)O3)[C@@H](COCc3ccccc3)O2)[C@@H](COCc2ccccc2)O1. The fraction of sp³-hybridized carbons (Fsp3) is 0.400. The molecule has 0 saturated carbocycles. The van der Waals surface area contributed by atoms with Crippen molar-refractivity contribution < 1.29 is 47.7 Å². The Labute approximate surface area is 293 Å². The highest BCUT2D eigenvalue weighted by Crippen LogP contribution is 2.26. The average molecular weight is 687 g/mol. The molecule has 9 atom stereocenters. The Balaban J connectivity index is 1.08. The van der Waals surface area contributed by atoms with Crippen LogP contribution in [0.5, 0.6) is 0 Å². The second kappa shape index (κ2) is 19.2. The lowest BCUT2D eigenvalue weighted by molar-refractivity contribution is -0.258. The van der Waals surface area contributed by atoms with Crippen molar-refractivity contribution in [1.82, 2.24) is 0 Å². The minimum atomic E-state index is -0.820. The molecule has 0 fully saturated rings. The van der Waals surface area contributed by atoms with Gasteiger partial charge in [0.1, 0.15) is 36.6 Å². The van der Waals surface area contributed by atoms with Crippen molar-refractivity contribution in [3.8, 4) is 0 Å². The first-order chi connectivity index (χ1) is 24.6. The van der Waals surface area contributed by atoms with Crippen molar-refractivity contribution in [2.45, 2.75) is 75.3 Å². The number of rotatable bonds is 17. The molecule has 1 N–H and O–H groups in total. The third-order valence-corrected chi connectivity index (χ3v) is 8.42. The second-order valence-electron chi connectivity index (χ2n) is 12.2. The normalized spacial score (nSPS) is 29.3. The lowest BCUT2D eigenvalue weighted by Crippen LogP contribution is -2.48. The predicted octanol–water partition coefficient (Wildman–Crippen LogP) is 5.26. The van der Waals surface area contributed by atoms with Gasteiger partial charge < -0.3 is 47.7 Å². The Hall–Kier alpha value is -3.52. The summed E-state index contributed by atoms with van der Waals surface area (Å²) in [6, 6.07) is 29.8. The van der Waals surface area contributed by atoms with Gasteiger partial charge in [0.25, 0.3) is 0 Å². The number of benzene rings is 3. The standard InChI is InChI=1S/C40H46O10/c1-42-38-21-18-33(36(49-38)27-44-24-30-13-7-3-8-14-30)47-40-22-19-34(37(50-40)28-45-25-31-15-9-4-10-16-31)46-39-20-17-32(41)35(48-39)26-43-23-29-11-5-2-6-12-29/h2-22,32-41H,23-28H2,1H3/t32-,33-,34-,35+,36+,37+,38-,39-,40-/m0/s1. The van der Waals surface area contributed by atoms with Gasteiger partial charge in [-0.05, 0) is 34.9 Å². The summed E-state index contributed by atoms with van der Waals surface area (Å²) in [5.74, 6) is 0. The molecule has 0 unspecified atom stereocenters. The summed E-state index contributed by atoms with van der Waals surface area (Å²) in [6.45, 7) is 2.00. The third kappa shape index (κ3) is 11.0. The molecule has 0 aromatic heterocycles. The Morgan fingerprint density at radius 3 is 1.32 bits per heavy atom. The van der Waals surface area contributed by atoms with E-state index in [1.54, 1.807) is 19.3 Å². The van der Waals surface area contributed by atoms with Crippen LogP contribution in [0.3, 0.4) is 0 Å². The van der Waals surface area contributed by atoms with Gasteiger partial charge in [-0.15, -0.1) is 0 Å². The summed E-state index contributed by atoms with van der Waals surface area (Å²) in [5, 5.41) is 10.6. The molecule has 6 rings (SSSR count). The smallest absolute Gasteiger partial charge is 0.178 e. The first-order valence-electron chi connectivity index (χ1n) is 17.0. The molecule has 3 aliphatic heterocycles. The van der Waals surface area contributed by atoms with Crippen LogP contribution < -0.4 is 0 Å². The van der Waals surface area contributed by atoms with Crippen LogP contribution >= 0.6 is 0 Å². The van der Waals surface area contributed by atoms with Gasteiger partial charge in [0.15, 0.2) is 18.9 Å². The van der Waals surface area contributed by atoms with E-state index in [1.807, 2.05) is 115 Å². The fourth-order valence-corrected chi connectivity index (χ4v) is 5.74. The number of aliphatic hydroxyl groups excluding tert-OH is 1. The Bertz CT molecular complexity index is 1480. The topological polar surface area (TPSA) is 103 Å². The van der Waals surface area contributed by atoms with E-state index in [0.717, 1.165) is 16.7 Å². The van der Waals surface area contributed by atoms with E-state index in [-0.39, 0.29) is 13.2 Å². The van der Waals surface area contributed by atoms with Crippen molar-refractivity contribution in [3.63, 3.8) is 0 Å². The van der Waals surface area contributed by atoms with Crippen LogP contribution in [0.25, 0.3) is 0 Å². The van der Waals surface area contributed by atoms with Crippen molar-refractivity contribution >= 4 is 0 Å². The monoisotopic (exact) mass is 686 g/mol. The lowest BCUT2D eigenvalue weighted by atomic mass is 10.1. The molecule has 3 aromatic rings. The zero-order valence-corrected chi connectivity index (χ0v) is 28.2. The molecule has 0 amide bonds. The summed E-state index contributed by atoms with van der Waals surface area (Å²) in [4.78, 5) is 0. The zero-order valence-electron chi connectivity index (χ0n) is 28.2. The van der Waals surface area contributed by atoms with Crippen LogP contribution in [-0.4, -0.2) is 87.5 Å². The molecule has 0 radical (unpaired) electrons. The molecule has 3 aromatic carbocycles. The van der Waals surface area contributed by atoms with E-state index in [9.17, 15) is 5.11 Å². The Morgan fingerprint density at radius 1 is 0.480 bits per heavy atom. The fourth-order valence-electron chi connectivity index (χ4n) is 5.74. The van der Waals surface area contributed by atoms with E-state index in [2.05, 4.69) is 0 Å². The van der Waals surface area contributed by atoms with Crippen molar-refractivity contribution in [2.75, 3.05) is 26.9 Å². The van der Waals surface area contributed by atoms with Crippen molar-refractivity contribution in [2.24, 2.45) is 0 Å². The quantitative estimate of drug-likeness (QED) is 0.189. The highest BCUT2D eigenvalue weighted by Gasteiger charge is 2.36. The number of hydrogen-bond donors (Lipinski definition) is 1. The van der Waals surface area contributed by atoms with Crippen LogP contribution in [0.2, 0.25) is 0 Å². The number of aliphatic hydroxyl groups is 1. The van der Waals surface area contributed by atoms with Gasteiger partial charge >= 0.3 is 0 Å². The molecule has 0 saturated heterocycles. The Morgan fingerprint density at radius 2 is 0.860 bits per heavy atom. The van der Waals surface area contributed by atoms with Crippen molar-refractivity contribution in [1.29, 1.82) is 0 Å². The summed E-state index contributed by atoms with van der Waals surface area (Å²) < 4.78 is 54.9. The van der Waals surface area contributed by atoms with E-state index >= 15 is 0 Å². The average Bonchev–Trinajstić information content (AvgIpc) is 3.16. The van der Waals surface area contributed by atoms with Gasteiger partial charge in [0.05, 0.1) is 39.6 Å². The molecule has 0 spiro atoms. The second-order valence-corrected chi connectivity index (χ2v) is 12.2. The maximum Gasteiger partial charge on any atom is 0.178 e. The molecule has 50 heavy (non-hydrogen) atoms. The summed E-state index contributed by atoms with van der Waals surface area (Å²) >= 11 is 0. The van der Waals surface area contributed by atoms with Crippen LogP contribution in [0, 0.1) is 0 Å². The lowest BCUT2D eigenvalue weighted by Gasteiger charge is -2.38. The van der Waals surface area contributed by atoms with Gasteiger partial charge in [-0.3, -0.25) is 0 Å².